The molecule has 5 nitrogen and oxygen atoms in total. The number of fused-ring (bicyclic) bond motifs is 1. The molecule has 2 aromatic rings. The van der Waals surface area contributed by atoms with Crippen molar-refractivity contribution in [1.29, 1.82) is 0 Å². The third-order valence-corrected chi connectivity index (χ3v) is 7.22. The molecule has 0 atom stereocenters. The van der Waals surface area contributed by atoms with Crippen LogP contribution in [0, 0.1) is 0 Å². The predicted octanol–water partition coefficient (Wildman–Crippen LogP) is 3.33. The van der Waals surface area contributed by atoms with Gasteiger partial charge in [-0.2, -0.15) is 4.31 Å². The molecule has 0 unspecified atom stereocenters. The summed E-state index contributed by atoms with van der Waals surface area (Å²) in [4.78, 5) is 12.5. The van der Waals surface area contributed by atoms with Crippen LogP contribution < -0.4 is 5.32 Å². The maximum absolute atomic E-state index is 13.0. The summed E-state index contributed by atoms with van der Waals surface area (Å²) >= 11 is 0. The Morgan fingerprint density at radius 1 is 1.07 bits per heavy atom. The minimum absolute atomic E-state index is 0.0685. The molecule has 28 heavy (non-hydrogen) atoms. The lowest BCUT2D eigenvalue weighted by Gasteiger charge is -2.22. The second-order valence-corrected chi connectivity index (χ2v) is 9.61. The summed E-state index contributed by atoms with van der Waals surface area (Å²) < 4.78 is 27.4. The Balaban J connectivity index is 1.46. The van der Waals surface area contributed by atoms with E-state index < -0.39 is 10.0 Å². The average Bonchev–Trinajstić information content (AvgIpc) is 3.52. The van der Waals surface area contributed by atoms with Gasteiger partial charge < -0.3 is 5.32 Å². The number of allylic oxidation sites excluding steroid dienone is 1. The van der Waals surface area contributed by atoms with E-state index >= 15 is 0 Å². The van der Waals surface area contributed by atoms with Crippen molar-refractivity contribution < 1.29 is 13.2 Å². The lowest BCUT2D eigenvalue weighted by molar-refractivity contribution is 0.0951. The van der Waals surface area contributed by atoms with Crippen LogP contribution in [0.5, 0.6) is 0 Å². The number of amides is 1. The van der Waals surface area contributed by atoms with Crippen LogP contribution in [-0.2, 0) is 23.0 Å². The molecule has 0 bridgehead atoms. The first kappa shape index (κ1) is 18.9. The van der Waals surface area contributed by atoms with Gasteiger partial charge in [0, 0.05) is 25.2 Å². The number of hydrogen-bond donors (Lipinski definition) is 1. The number of carbonyl (C=O) groups excluding carboxylic acids is 1. The van der Waals surface area contributed by atoms with Gasteiger partial charge in [0.15, 0.2) is 0 Å². The molecular weight excluding hydrogens is 372 g/mol. The fourth-order valence-electron chi connectivity index (χ4n) is 3.41. The van der Waals surface area contributed by atoms with Crippen molar-refractivity contribution >= 4 is 22.0 Å². The molecule has 0 aliphatic heterocycles. The van der Waals surface area contributed by atoms with E-state index in [1.807, 2.05) is 36.4 Å². The number of aryl methyl sites for hydroxylation is 1. The topological polar surface area (TPSA) is 66.5 Å². The fraction of sp³-hybridized carbons (Fsp3) is 0.318. The van der Waals surface area contributed by atoms with Gasteiger partial charge >= 0.3 is 0 Å². The Kier molecular flexibility index (Phi) is 5.08. The summed E-state index contributed by atoms with van der Waals surface area (Å²) in [5, 5.41) is 2.95. The lowest BCUT2D eigenvalue weighted by atomic mass is 9.98. The van der Waals surface area contributed by atoms with Crippen LogP contribution in [0.3, 0.4) is 0 Å². The van der Waals surface area contributed by atoms with Crippen molar-refractivity contribution in [3.8, 4) is 0 Å². The smallest absolute Gasteiger partial charge is 0.251 e. The predicted molar refractivity (Wildman–Crippen MR) is 110 cm³/mol. The quantitative estimate of drug-likeness (QED) is 0.814. The molecule has 1 N–H and O–H groups in total. The highest BCUT2D eigenvalue weighted by Crippen LogP contribution is 2.29. The molecule has 1 fully saturated rings. The summed E-state index contributed by atoms with van der Waals surface area (Å²) in [6.45, 7) is 0.270. The first-order valence-electron chi connectivity index (χ1n) is 9.58. The van der Waals surface area contributed by atoms with Crippen LogP contribution in [0.4, 0.5) is 0 Å². The molecule has 4 rings (SSSR count). The van der Waals surface area contributed by atoms with Gasteiger partial charge in [0.2, 0.25) is 10.0 Å². The highest BCUT2D eigenvalue weighted by atomic mass is 32.2. The van der Waals surface area contributed by atoms with Crippen molar-refractivity contribution in [1.82, 2.24) is 9.62 Å². The first-order chi connectivity index (χ1) is 13.4. The van der Waals surface area contributed by atoms with E-state index in [0.717, 1.165) is 30.4 Å². The molecule has 0 spiro atoms. The van der Waals surface area contributed by atoms with Crippen molar-refractivity contribution in [2.75, 3.05) is 7.05 Å². The SMILES string of the molecule is CN(Cc1ccc(C(=O)NC2CC2)cc1)S(=O)(=O)C1=Cc2ccccc2CC1. The van der Waals surface area contributed by atoms with Crippen molar-refractivity contribution in [2.45, 2.75) is 38.3 Å². The van der Waals surface area contributed by atoms with Gasteiger partial charge in [-0.1, -0.05) is 36.4 Å². The van der Waals surface area contributed by atoms with Gasteiger partial charge in [-0.3, -0.25) is 4.79 Å². The normalized spacial score (nSPS) is 16.4. The number of carbonyl (C=O) groups is 1. The van der Waals surface area contributed by atoms with Crippen molar-refractivity contribution in [2.24, 2.45) is 0 Å². The Morgan fingerprint density at radius 3 is 2.50 bits per heavy atom. The molecule has 1 saturated carbocycles. The monoisotopic (exact) mass is 396 g/mol. The molecule has 146 valence electrons. The van der Waals surface area contributed by atoms with Gasteiger partial charge in [-0.15, -0.1) is 0 Å². The Morgan fingerprint density at radius 2 is 1.79 bits per heavy atom. The standard InChI is InChI=1S/C22H24N2O3S/c1-24(15-16-6-8-18(9-7-16)22(25)23-20-11-12-20)28(26,27)21-13-10-17-4-2-3-5-19(17)14-21/h2-9,14,20H,10-13,15H2,1H3,(H,23,25). The average molecular weight is 397 g/mol. The molecule has 0 saturated heterocycles. The zero-order chi connectivity index (χ0) is 19.7. The van der Waals surface area contributed by atoms with Crippen LogP contribution in [0.1, 0.15) is 46.3 Å². The third-order valence-electron chi connectivity index (χ3n) is 5.29. The first-order valence-corrected chi connectivity index (χ1v) is 11.0. The van der Waals surface area contributed by atoms with Crippen molar-refractivity contribution in [3.05, 3.63) is 75.7 Å². The van der Waals surface area contributed by atoms with E-state index in [9.17, 15) is 13.2 Å². The minimum Gasteiger partial charge on any atom is -0.349 e. The molecule has 0 radical (unpaired) electrons. The molecule has 6 heteroatoms. The highest BCUT2D eigenvalue weighted by molar-refractivity contribution is 7.93. The summed E-state index contributed by atoms with van der Waals surface area (Å²) in [5.74, 6) is -0.0685. The summed E-state index contributed by atoms with van der Waals surface area (Å²) in [6.07, 6.45) is 5.14. The van der Waals surface area contributed by atoms with Gasteiger partial charge in [0.05, 0.1) is 4.91 Å². The number of nitrogens with one attached hydrogen (secondary N) is 1. The Hall–Kier alpha value is -2.44. The Bertz CT molecular complexity index is 1020. The van der Waals surface area contributed by atoms with Crippen LogP contribution in [-0.4, -0.2) is 31.7 Å². The maximum atomic E-state index is 13.0. The number of sulfonamides is 1. The highest BCUT2D eigenvalue weighted by Gasteiger charge is 2.26. The molecule has 2 aromatic carbocycles. The van der Waals surface area contributed by atoms with Gasteiger partial charge in [0.1, 0.15) is 0 Å². The number of nitrogens with zero attached hydrogens (tertiary/aromatic N) is 1. The lowest BCUT2D eigenvalue weighted by Crippen LogP contribution is -2.28. The Labute approximate surface area is 166 Å². The number of benzene rings is 2. The zero-order valence-electron chi connectivity index (χ0n) is 15.9. The molecule has 1 amide bonds. The maximum Gasteiger partial charge on any atom is 0.251 e. The van der Waals surface area contributed by atoms with Crippen LogP contribution in [0.15, 0.2) is 53.4 Å². The third kappa shape index (κ3) is 4.03. The second kappa shape index (κ2) is 7.53. The number of hydrogen-bond acceptors (Lipinski definition) is 3. The van der Waals surface area contributed by atoms with Gasteiger partial charge in [0.25, 0.3) is 5.91 Å². The zero-order valence-corrected chi connectivity index (χ0v) is 16.7. The fourth-order valence-corrected chi connectivity index (χ4v) is 4.77. The summed E-state index contributed by atoms with van der Waals surface area (Å²) in [7, 11) is -1.92. The van der Waals surface area contributed by atoms with Gasteiger partial charge in [-0.05, 0) is 60.6 Å². The summed E-state index contributed by atoms with van der Waals surface area (Å²) in [6, 6.07) is 15.4. The van der Waals surface area contributed by atoms with E-state index in [4.69, 9.17) is 0 Å². The van der Waals surface area contributed by atoms with Crippen LogP contribution >= 0.6 is 0 Å². The molecule has 2 aliphatic carbocycles. The van der Waals surface area contributed by atoms with Gasteiger partial charge in [-0.25, -0.2) is 8.42 Å². The number of rotatable bonds is 6. The molecular formula is C22H24N2O3S. The molecule has 2 aliphatic rings. The largest absolute Gasteiger partial charge is 0.349 e. The van der Waals surface area contributed by atoms with E-state index in [1.165, 1.54) is 9.87 Å². The van der Waals surface area contributed by atoms with Crippen LogP contribution in [0.2, 0.25) is 0 Å². The van der Waals surface area contributed by atoms with E-state index in [0.29, 0.717) is 22.9 Å². The van der Waals surface area contributed by atoms with E-state index in [2.05, 4.69) is 5.32 Å². The van der Waals surface area contributed by atoms with E-state index in [-0.39, 0.29) is 12.5 Å². The molecule has 0 aromatic heterocycles. The minimum atomic E-state index is -3.52. The second-order valence-electron chi connectivity index (χ2n) is 7.52. The van der Waals surface area contributed by atoms with Crippen molar-refractivity contribution in [3.63, 3.8) is 0 Å². The molecule has 0 heterocycles. The summed E-state index contributed by atoms with van der Waals surface area (Å²) in [5.41, 5.74) is 3.62. The van der Waals surface area contributed by atoms with Crippen LogP contribution in [0.25, 0.3) is 6.08 Å². The van der Waals surface area contributed by atoms with E-state index in [1.54, 1.807) is 25.3 Å².